The molecule has 0 spiro atoms. The molecule has 8 nitrogen and oxygen atoms in total. The molecule has 0 radical (unpaired) electrons. The number of esters is 1. The van der Waals surface area contributed by atoms with Gasteiger partial charge in [-0.2, -0.15) is 0 Å². The van der Waals surface area contributed by atoms with Crippen molar-refractivity contribution in [2.45, 2.75) is 0 Å². The zero-order valence-corrected chi connectivity index (χ0v) is 14.0. The lowest BCUT2D eigenvalue weighted by atomic mass is 10.2. The van der Waals surface area contributed by atoms with E-state index in [9.17, 15) is 19.5 Å². The molecule has 24 heavy (non-hydrogen) atoms. The Balaban J connectivity index is 1.74. The summed E-state index contributed by atoms with van der Waals surface area (Å²) >= 11 is 6.27. The Hall–Kier alpha value is -2.33. The molecule has 1 aliphatic rings. The smallest absolute Gasteiger partial charge is 0.342 e. The molecule has 1 fully saturated rings. The summed E-state index contributed by atoms with van der Waals surface area (Å²) in [6, 6.07) is 3.39. The van der Waals surface area contributed by atoms with Crippen LogP contribution in [0.4, 0.5) is 0 Å². The first-order valence-electron chi connectivity index (χ1n) is 6.81. The van der Waals surface area contributed by atoms with Crippen molar-refractivity contribution in [1.82, 2.24) is 10.2 Å². The van der Waals surface area contributed by atoms with Gasteiger partial charge in [-0.15, -0.1) is 0 Å². The topological polar surface area (TPSA) is 116 Å². The second-order valence-electron chi connectivity index (χ2n) is 4.73. The van der Waals surface area contributed by atoms with Gasteiger partial charge < -0.3 is 20.3 Å². The molecule has 3 N–H and O–H groups in total. The first-order valence-corrected chi connectivity index (χ1v) is 8.21. The number of ether oxygens (including phenoxy) is 1. The zero-order valence-electron chi connectivity index (χ0n) is 12.4. The van der Waals surface area contributed by atoms with Gasteiger partial charge in [-0.3, -0.25) is 14.5 Å². The maximum Gasteiger partial charge on any atom is 0.342 e. The van der Waals surface area contributed by atoms with E-state index in [4.69, 9.17) is 22.1 Å². The number of aromatic hydroxyl groups is 2. The third-order valence-electron chi connectivity index (χ3n) is 3.03. The second-order valence-corrected chi connectivity index (χ2v) is 6.34. The van der Waals surface area contributed by atoms with E-state index in [1.165, 1.54) is 28.8 Å². The molecule has 0 aliphatic carbocycles. The number of thiocarbonyl (C=S) groups is 1. The van der Waals surface area contributed by atoms with Gasteiger partial charge in [0.05, 0.1) is 5.75 Å². The third-order valence-corrected chi connectivity index (χ3v) is 4.47. The number of carbonyl (C=O) groups is 3. The number of thioether (sulfide) groups is 1. The summed E-state index contributed by atoms with van der Waals surface area (Å²) in [5.74, 6) is -1.89. The normalized spacial score (nSPS) is 13.9. The first-order chi connectivity index (χ1) is 11.4. The fourth-order valence-corrected chi connectivity index (χ4v) is 2.98. The Morgan fingerprint density at radius 1 is 1.38 bits per heavy atom. The Morgan fingerprint density at radius 2 is 2.12 bits per heavy atom. The summed E-state index contributed by atoms with van der Waals surface area (Å²) in [6.07, 6.45) is 0. The highest BCUT2D eigenvalue weighted by Crippen LogP contribution is 2.23. The van der Waals surface area contributed by atoms with E-state index in [1.807, 2.05) is 0 Å². The molecule has 0 aromatic heterocycles. The molecule has 1 heterocycles. The lowest BCUT2D eigenvalue weighted by molar-refractivity contribution is -0.126. The van der Waals surface area contributed by atoms with Gasteiger partial charge in [0.1, 0.15) is 21.4 Å². The van der Waals surface area contributed by atoms with Crippen LogP contribution in [-0.2, 0) is 14.3 Å². The molecule has 1 saturated heterocycles. The van der Waals surface area contributed by atoms with Crippen LogP contribution in [0.1, 0.15) is 10.4 Å². The van der Waals surface area contributed by atoms with E-state index >= 15 is 0 Å². The van der Waals surface area contributed by atoms with Gasteiger partial charge in [0.2, 0.25) is 5.91 Å². The van der Waals surface area contributed by atoms with Crippen molar-refractivity contribution in [2.24, 2.45) is 0 Å². The summed E-state index contributed by atoms with van der Waals surface area (Å²) < 4.78 is 5.25. The molecule has 1 aromatic carbocycles. The van der Waals surface area contributed by atoms with Gasteiger partial charge in [0.15, 0.2) is 6.61 Å². The standard InChI is InChI=1S/C14H14N2O6S2/c17-8-1-2-9(10(18)5-8)13(21)22-6-11(19)15-3-4-16-12(20)7-24-14(16)23/h1-2,5,17-18H,3-4,6-7H2,(H,15,19). The highest BCUT2D eigenvalue weighted by Gasteiger charge is 2.26. The van der Waals surface area contributed by atoms with E-state index in [2.05, 4.69) is 5.32 Å². The van der Waals surface area contributed by atoms with Crippen molar-refractivity contribution in [3.05, 3.63) is 23.8 Å². The van der Waals surface area contributed by atoms with Crippen LogP contribution in [0.25, 0.3) is 0 Å². The average Bonchev–Trinajstić information content (AvgIpc) is 2.84. The molecule has 1 aromatic rings. The molecule has 10 heteroatoms. The summed E-state index contributed by atoms with van der Waals surface area (Å²) in [5.41, 5.74) is -0.161. The minimum Gasteiger partial charge on any atom is -0.508 e. The average molecular weight is 370 g/mol. The minimum absolute atomic E-state index is 0.103. The molecule has 0 unspecified atom stereocenters. The quantitative estimate of drug-likeness (QED) is 0.481. The number of amides is 2. The Kier molecular flexibility index (Phi) is 5.99. The minimum atomic E-state index is -0.894. The zero-order chi connectivity index (χ0) is 17.7. The summed E-state index contributed by atoms with van der Waals surface area (Å²) in [5, 5.41) is 21.2. The van der Waals surface area contributed by atoms with Gasteiger partial charge in [-0.1, -0.05) is 24.0 Å². The molecule has 2 amide bonds. The van der Waals surface area contributed by atoms with Crippen molar-refractivity contribution in [1.29, 1.82) is 0 Å². The number of phenols is 2. The second kappa shape index (κ2) is 7.97. The van der Waals surface area contributed by atoms with Crippen molar-refractivity contribution >= 4 is 46.1 Å². The number of benzene rings is 1. The van der Waals surface area contributed by atoms with Crippen molar-refractivity contribution in [2.75, 3.05) is 25.4 Å². The van der Waals surface area contributed by atoms with Gasteiger partial charge in [0.25, 0.3) is 5.91 Å². The molecule has 0 bridgehead atoms. The summed E-state index contributed by atoms with van der Waals surface area (Å²) in [7, 11) is 0. The van der Waals surface area contributed by atoms with Gasteiger partial charge >= 0.3 is 5.97 Å². The van der Waals surface area contributed by atoms with Crippen LogP contribution in [-0.4, -0.2) is 62.7 Å². The van der Waals surface area contributed by atoms with Crippen molar-refractivity contribution in [3.63, 3.8) is 0 Å². The maximum absolute atomic E-state index is 11.7. The van der Waals surface area contributed by atoms with E-state index in [1.54, 1.807) is 0 Å². The van der Waals surface area contributed by atoms with E-state index in [0.29, 0.717) is 10.1 Å². The van der Waals surface area contributed by atoms with Crippen LogP contribution in [0.2, 0.25) is 0 Å². The Labute approximate surface area is 146 Å². The lowest BCUT2D eigenvalue weighted by Crippen LogP contribution is -2.38. The Bertz CT molecular complexity index is 678. The van der Waals surface area contributed by atoms with Gasteiger partial charge in [-0.05, 0) is 12.1 Å². The van der Waals surface area contributed by atoms with Crippen LogP contribution in [0, 0.1) is 0 Å². The fourth-order valence-electron chi connectivity index (χ4n) is 1.86. The monoisotopic (exact) mass is 370 g/mol. The molecular weight excluding hydrogens is 356 g/mol. The predicted molar refractivity (Wildman–Crippen MR) is 89.8 cm³/mol. The highest BCUT2D eigenvalue weighted by atomic mass is 32.2. The van der Waals surface area contributed by atoms with Crippen molar-refractivity contribution < 1.29 is 29.3 Å². The highest BCUT2D eigenvalue weighted by molar-refractivity contribution is 8.23. The number of carbonyl (C=O) groups excluding carboxylic acids is 3. The number of nitrogens with one attached hydrogen (secondary N) is 1. The number of rotatable bonds is 6. The number of hydrogen-bond donors (Lipinski definition) is 3. The number of nitrogens with zero attached hydrogens (tertiary/aromatic N) is 1. The van der Waals surface area contributed by atoms with Crippen LogP contribution >= 0.6 is 24.0 Å². The molecule has 128 valence electrons. The van der Waals surface area contributed by atoms with Crippen LogP contribution in [0.15, 0.2) is 18.2 Å². The number of hydrogen-bond acceptors (Lipinski definition) is 8. The van der Waals surface area contributed by atoms with Crippen LogP contribution < -0.4 is 5.32 Å². The fraction of sp³-hybridized carbons (Fsp3) is 0.286. The van der Waals surface area contributed by atoms with Crippen molar-refractivity contribution in [3.8, 4) is 11.5 Å². The number of phenolic OH excluding ortho intramolecular Hbond substituents is 2. The summed E-state index contributed by atoms with van der Waals surface area (Å²) in [6.45, 7) is -0.108. The SMILES string of the molecule is O=C(COC(=O)c1ccc(O)cc1O)NCCN1C(=O)CSC1=S. The van der Waals surface area contributed by atoms with Crippen LogP contribution in [0.3, 0.4) is 0 Å². The van der Waals surface area contributed by atoms with Gasteiger partial charge in [-0.25, -0.2) is 4.79 Å². The largest absolute Gasteiger partial charge is 0.508 e. The van der Waals surface area contributed by atoms with Crippen LogP contribution in [0.5, 0.6) is 11.5 Å². The molecule has 1 aliphatic heterocycles. The molecule has 0 atom stereocenters. The maximum atomic E-state index is 11.7. The third kappa shape index (κ3) is 4.59. The molecule has 0 saturated carbocycles. The Morgan fingerprint density at radius 3 is 2.75 bits per heavy atom. The summed E-state index contributed by atoms with van der Waals surface area (Å²) in [4.78, 5) is 36.2. The lowest BCUT2D eigenvalue weighted by Gasteiger charge is -2.15. The van der Waals surface area contributed by atoms with Gasteiger partial charge in [0, 0.05) is 19.2 Å². The molecule has 2 rings (SSSR count). The predicted octanol–water partition coefficient (Wildman–Crippen LogP) is 0.231. The van der Waals surface area contributed by atoms with E-state index in [-0.39, 0.29) is 30.3 Å². The first kappa shape index (κ1) is 18.0. The van der Waals surface area contributed by atoms with E-state index < -0.39 is 24.2 Å². The molecular formula is C14H14N2O6S2. The van der Waals surface area contributed by atoms with E-state index in [0.717, 1.165) is 6.07 Å².